The van der Waals surface area contributed by atoms with E-state index in [1.165, 1.54) is 61.5 Å². The Morgan fingerprint density at radius 1 is 0.479 bits per heavy atom. The molecule has 6 aromatic carbocycles. The van der Waals surface area contributed by atoms with Crippen molar-refractivity contribution >= 4 is 57.8 Å². The molecule has 2 saturated carbocycles. The highest BCUT2D eigenvalue weighted by atomic mass is 32.2. The third-order valence-corrected chi connectivity index (χ3v) is 16.3. The number of aliphatic hydroxyl groups is 1. The van der Waals surface area contributed by atoms with Crippen LogP contribution >= 0.6 is 24.1 Å². The molecule has 2 aliphatic carbocycles. The number of esters is 1. The molecule has 73 heavy (non-hydrogen) atoms. The lowest BCUT2D eigenvalue weighted by molar-refractivity contribution is -0.777. The van der Waals surface area contributed by atoms with Gasteiger partial charge in [-0.15, -0.1) is 0 Å². The van der Waals surface area contributed by atoms with E-state index >= 15 is 0 Å². The number of ether oxygens (including phenoxy) is 1. The number of hydrogen-bond donors (Lipinski definition) is 2. The van der Waals surface area contributed by atoms with Gasteiger partial charge in [0.05, 0.1) is 28.4 Å². The summed E-state index contributed by atoms with van der Waals surface area (Å²) in [6.07, 6.45) is 11.5. The molecule has 392 valence electrons. The Morgan fingerprint density at radius 3 is 1.00 bits per heavy atom. The Labute approximate surface area is 438 Å². The van der Waals surface area contributed by atoms with Crippen molar-refractivity contribution < 1.29 is 71.4 Å². The summed E-state index contributed by atoms with van der Waals surface area (Å²) in [6, 6.07) is 64.3. The topological polar surface area (TPSA) is 167 Å². The molecular weight excluding hydrogens is 1030 g/mol. The Kier molecular flexibility index (Phi) is 28.7. The maximum absolute atomic E-state index is 12.9. The summed E-state index contributed by atoms with van der Waals surface area (Å²) >= 11 is -1.55. The van der Waals surface area contributed by atoms with Crippen LogP contribution in [0.25, 0.3) is 0 Å². The molecule has 8 rings (SSSR count). The first-order valence-corrected chi connectivity index (χ1v) is 27.2. The van der Waals surface area contributed by atoms with Crippen LogP contribution in [0.1, 0.15) is 64.2 Å². The summed E-state index contributed by atoms with van der Waals surface area (Å²) in [5.74, 6) is -3.34. The number of rotatable bonds is 17. The van der Waals surface area contributed by atoms with Crippen LogP contribution in [0.2, 0.25) is 0 Å². The average molecular weight is 1090 g/mol. The molecule has 19 heteroatoms. The molecule has 2 aliphatic rings. The second-order valence-electron chi connectivity index (χ2n) is 16.1. The first-order valence-electron chi connectivity index (χ1n) is 23.2. The highest BCUT2D eigenvalue weighted by molar-refractivity contribution is 7.97. The highest BCUT2D eigenvalue weighted by Gasteiger charge is 2.44. The van der Waals surface area contributed by atoms with Gasteiger partial charge in [-0.05, 0) is 110 Å². The number of aliphatic hydroxyl groups excluding tert-OH is 1. The number of carbonyl (C=O) groups is 2. The highest BCUT2D eigenvalue weighted by Crippen LogP contribution is 2.34. The van der Waals surface area contributed by atoms with Crippen molar-refractivity contribution in [3.63, 3.8) is 0 Å². The molecule has 2 fully saturated rings. The van der Waals surface area contributed by atoms with Gasteiger partial charge >= 0.3 is 22.4 Å². The predicted molar refractivity (Wildman–Crippen MR) is 271 cm³/mol. The van der Waals surface area contributed by atoms with Gasteiger partial charge in [0.2, 0.25) is 0 Å². The van der Waals surface area contributed by atoms with Crippen LogP contribution in [0.15, 0.2) is 211 Å². The number of alkyl halides is 4. The van der Waals surface area contributed by atoms with Gasteiger partial charge in [0.15, 0.2) is 29.4 Å². The number of carboxylic acid groups (broad SMARTS) is 1. The second kappa shape index (κ2) is 34.6. The van der Waals surface area contributed by atoms with E-state index in [4.69, 9.17) is 15.5 Å². The molecule has 11 nitrogen and oxygen atoms in total. The van der Waals surface area contributed by atoms with Crippen molar-refractivity contribution in [3.8, 4) is 0 Å². The average Bonchev–Trinajstić information content (AvgIpc) is 3.44. The summed E-state index contributed by atoms with van der Waals surface area (Å²) in [7, 11) is -0.0293. The first kappa shape index (κ1) is 60.7. The van der Waals surface area contributed by atoms with E-state index in [-0.39, 0.29) is 34.3 Å². The van der Waals surface area contributed by atoms with Gasteiger partial charge in [-0.3, -0.25) is 10.1 Å². The lowest BCUT2D eigenvalue weighted by Crippen LogP contribution is -2.30. The van der Waals surface area contributed by atoms with E-state index in [0.29, 0.717) is 12.5 Å². The molecule has 0 spiro atoms. The van der Waals surface area contributed by atoms with Crippen molar-refractivity contribution in [2.45, 2.75) is 104 Å². The fraction of sp³-hybridized carbons (Fsp3) is 0.296. The van der Waals surface area contributed by atoms with Crippen molar-refractivity contribution in [2.75, 3.05) is 13.2 Å². The molecule has 0 atom stereocenters. The third kappa shape index (κ3) is 22.6. The largest absolute Gasteiger partial charge is 0.691 e. The SMILES string of the molecule is O=C(O)C(F)(F)SOO[O-].O=C(OCC1CCCCC1)C(F)(F)SOO[O-].OCC1CCCCC1.c1ccc([S+](c2ccccc2)c2ccccc2)cc1.c1ccc([S+](c2ccccc2)c2ccccc2)cc1. The van der Waals surface area contributed by atoms with Crippen molar-refractivity contribution in [3.05, 3.63) is 182 Å². The molecule has 0 radical (unpaired) electrons. The van der Waals surface area contributed by atoms with E-state index in [1.54, 1.807) is 0 Å². The molecular formula is C54H58F4O11S4. The van der Waals surface area contributed by atoms with Gasteiger partial charge in [0.25, 0.3) is 0 Å². The first-order chi connectivity index (χ1) is 35.4. The summed E-state index contributed by atoms with van der Waals surface area (Å²) in [4.78, 5) is 28.7. The molecule has 0 heterocycles. The summed E-state index contributed by atoms with van der Waals surface area (Å²) in [5, 5.41) is 31.8. The van der Waals surface area contributed by atoms with Gasteiger partial charge in [0, 0.05) is 6.61 Å². The van der Waals surface area contributed by atoms with Gasteiger partial charge in [-0.2, -0.15) is 26.2 Å². The predicted octanol–water partition coefficient (Wildman–Crippen LogP) is 12.2. The molecule has 0 aliphatic heterocycles. The summed E-state index contributed by atoms with van der Waals surface area (Å²) in [5.41, 5.74) is 0. The van der Waals surface area contributed by atoms with Crippen LogP contribution in [0.5, 0.6) is 0 Å². The van der Waals surface area contributed by atoms with E-state index in [2.05, 4.69) is 205 Å². The van der Waals surface area contributed by atoms with Gasteiger partial charge < -0.3 is 25.5 Å². The van der Waals surface area contributed by atoms with Gasteiger partial charge in [-0.25, -0.2) is 9.59 Å². The molecule has 0 bridgehead atoms. The van der Waals surface area contributed by atoms with Crippen LogP contribution in [-0.2, 0) is 54.9 Å². The lowest BCUT2D eigenvalue weighted by atomic mass is 9.90. The number of carboxylic acids is 1. The number of aliphatic carboxylic acids is 1. The Hall–Kier alpha value is -4.90. The van der Waals surface area contributed by atoms with Crippen LogP contribution in [-0.4, -0.2) is 45.9 Å². The monoisotopic (exact) mass is 1090 g/mol. The standard InChI is InChI=1S/2C18H15S.C9H14F2O5S.C7H14O.C2H2F2O5S/c2*1-4-10-16(11-5-1)19(17-12-6-2-7-13-17)18-14-8-3-9-15-18;10-9(11,17-16-15-13)8(12)14-6-7-4-2-1-3-5-7;8-6-7-4-2-1-3-5-7;3-2(4,1(5)6)10-9-8-7/h2*1-15H;7,13H,1-6H2;7-8H,1-6H2;7H,(H,5,6)/q2*+1;;;/p-2. The van der Waals surface area contributed by atoms with E-state index in [1.807, 2.05) is 0 Å². The maximum atomic E-state index is 12.9. The zero-order valence-corrected chi connectivity index (χ0v) is 42.9. The Morgan fingerprint density at radius 2 is 0.753 bits per heavy atom. The van der Waals surface area contributed by atoms with E-state index in [0.717, 1.165) is 32.1 Å². The minimum absolute atomic E-state index is 0.0146. The number of carbonyl (C=O) groups excluding carboxylic acids is 1. The zero-order chi connectivity index (χ0) is 52.6. The smallest absolute Gasteiger partial charge is 0.415 e. The minimum Gasteiger partial charge on any atom is -0.691 e. The molecule has 0 aromatic heterocycles. The summed E-state index contributed by atoms with van der Waals surface area (Å²) in [6.45, 7) is 0.396. The normalized spacial score (nSPS) is 13.9. The molecule has 2 N–H and O–H groups in total. The fourth-order valence-electron chi connectivity index (χ4n) is 7.34. The van der Waals surface area contributed by atoms with E-state index < -0.39 is 46.5 Å². The summed E-state index contributed by atoms with van der Waals surface area (Å²) < 4.78 is 60.3. The van der Waals surface area contributed by atoms with Crippen LogP contribution in [0.3, 0.4) is 0 Å². The number of benzene rings is 6. The van der Waals surface area contributed by atoms with Crippen LogP contribution in [0.4, 0.5) is 17.6 Å². The molecule has 0 saturated heterocycles. The fourth-order valence-corrected chi connectivity index (χ4v) is 12.0. The Bertz CT molecular complexity index is 2060. The van der Waals surface area contributed by atoms with Crippen molar-refractivity contribution in [1.82, 2.24) is 0 Å². The van der Waals surface area contributed by atoms with Gasteiger partial charge in [-0.1, -0.05) is 148 Å². The van der Waals surface area contributed by atoms with Crippen LogP contribution < -0.4 is 10.5 Å². The third-order valence-electron chi connectivity index (χ3n) is 10.9. The van der Waals surface area contributed by atoms with E-state index in [9.17, 15) is 32.4 Å². The number of halogens is 4. The lowest BCUT2D eigenvalue weighted by Gasteiger charge is -2.22. The second-order valence-corrected chi connectivity index (χ2v) is 21.7. The molecule has 0 unspecified atom stereocenters. The number of hydrogen-bond acceptors (Lipinski definition) is 12. The van der Waals surface area contributed by atoms with Crippen LogP contribution in [0, 0.1) is 11.8 Å². The molecule has 6 aromatic rings. The molecule has 0 amide bonds. The van der Waals surface area contributed by atoms with Crippen molar-refractivity contribution in [1.29, 1.82) is 0 Å². The van der Waals surface area contributed by atoms with Gasteiger partial charge in [0.1, 0.15) is 24.1 Å². The Balaban J connectivity index is 0.000000205. The van der Waals surface area contributed by atoms with Crippen molar-refractivity contribution in [2.24, 2.45) is 11.8 Å². The minimum atomic E-state index is -4.16. The quantitative estimate of drug-likeness (QED) is 0.0221. The zero-order valence-electron chi connectivity index (χ0n) is 39.7. The maximum Gasteiger partial charge on any atom is 0.415 e.